The number of aromatic nitrogens is 2. The second-order valence-corrected chi connectivity index (χ2v) is 9.39. The van der Waals surface area contributed by atoms with E-state index in [0.29, 0.717) is 43.1 Å². The summed E-state index contributed by atoms with van der Waals surface area (Å²) in [5.41, 5.74) is 1.54. The van der Waals surface area contributed by atoms with Gasteiger partial charge in [0.1, 0.15) is 12.4 Å². The fourth-order valence-electron chi connectivity index (χ4n) is 3.23. The normalized spacial score (nSPS) is 11.3. The number of benzene rings is 3. The molecule has 0 saturated carbocycles. The van der Waals surface area contributed by atoms with Gasteiger partial charge in [0.2, 0.25) is 0 Å². The van der Waals surface area contributed by atoms with Crippen LogP contribution in [0.15, 0.2) is 73.4 Å². The lowest BCUT2D eigenvalue weighted by Gasteiger charge is -2.11. The van der Waals surface area contributed by atoms with Crippen LogP contribution in [0.1, 0.15) is 17.0 Å². The van der Waals surface area contributed by atoms with Gasteiger partial charge in [0.25, 0.3) is 11.2 Å². The highest BCUT2D eigenvalue weighted by Gasteiger charge is 2.12. The Hall–Kier alpha value is -3.08. The Kier molecular flexibility index (Phi) is 7.11. The van der Waals surface area contributed by atoms with Crippen LogP contribution in [0.4, 0.5) is 5.69 Å². The quantitative estimate of drug-likeness (QED) is 0.147. The van der Waals surface area contributed by atoms with Gasteiger partial charge in [0.15, 0.2) is 5.75 Å². The highest BCUT2D eigenvalue weighted by molar-refractivity contribution is 9.10. The van der Waals surface area contributed by atoms with Crippen molar-refractivity contribution in [3.05, 3.63) is 106 Å². The molecule has 1 aromatic heterocycles. The molecule has 34 heavy (non-hydrogen) atoms. The molecule has 11 heteroatoms. The second kappa shape index (κ2) is 10.0. The fraction of sp³-hybridized carbons (Fsp3) is 0.0870. The molecule has 4 aromatic rings. The molecule has 0 bridgehead atoms. The lowest BCUT2D eigenvalue weighted by Crippen LogP contribution is -2.20. The highest BCUT2D eigenvalue weighted by Crippen LogP contribution is 2.35. The van der Waals surface area contributed by atoms with Gasteiger partial charge in [-0.05, 0) is 64.3 Å². The monoisotopic (exact) mass is 604 g/mol. The number of aryl methyl sites for hydroxylation is 1. The van der Waals surface area contributed by atoms with Crippen LogP contribution in [-0.4, -0.2) is 20.8 Å². The Bertz CT molecular complexity index is 1500. The van der Waals surface area contributed by atoms with Gasteiger partial charge in [-0.3, -0.25) is 14.9 Å². The highest BCUT2D eigenvalue weighted by atomic mass is 79.9. The van der Waals surface area contributed by atoms with Crippen LogP contribution in [-0.2, 0) is 6.61 Å². The van der Waals surface area contributed by atoms with E-state index in [9.17, 15) is 14.9 Å². The minimum Gasteiger partial charge on any atom is -0.486 e. The van der Waals surface area contributed by atoms with Crippen molar-refractivity contribution in [1.29, 1.82) is 0 Å². The maximum Gasteiger partial charge on any atom is 0.282 e. The number of halogens is 3. The lowest BCUT2D eigenvalue weighted by molar-refractivity contribution is -0.384. The molecule has 0 aliphatic carbocycles. The van der Waals surface area contributed by atoms with Crippen LogP contribution >= 0.6 is 43.5 Å². The molecule has 0 aliphatic rings. The predicted molar refractivity (Wildman–Crippen MR) is 138 cm³/mol. The molecule has 0 atom stereocenters. The van der Waals surface area contributed by atoms with E-state index in [1.54, 1.807) is 43.3 Å². The number of nitro groups is 1. The molecule has 0 aliphatic heterocycles. The Balaban J connectivity index is 1.58. The third kappa shape index (κ3) is 5.19. The lowest BCUT2D eigenvalue weighted by atomic mass is 10.2. The Morgan fingerprint density at radius 1 is 1.21 bits per heavy atom. The van der Waals surface area contributed by atoms with Gasteiger partial charge in [-0.1, -0.05) is 39.7 Å². The summed E-state index contributed by atoms with van der Waals surface area (Å²) in [4.78, 5) is 27.8. The Morgan fingerprint density at radius 3 is 2.74 bits per heavy atom. The third-order valence-corrected chi connectivity index (χ3v) is 6.18. The summed E-state index contributed by atoms with van der Waals surface area (Å²) in [7, 11) is 0. The van der Waals surface area contributed by atoms with E-state index in [-0.39, 0.29) is 17.9 Å². The van der Waals surface area contributed by atoms with Crippen molar-refractivity contribution < 1.29 is 9.66 Å². The van der Waals surface area contributed by atoms with Crippen molar-refractivity contribution >= 4 is 66.3 Å². The molecular formula is C23H15Br2ClN4O4. The van der Waals surface area contributed by atoms with E-state index in [1.807, 2.05) is 6.07 Å². The predicted octanol–water partition coefficient (Wildman–Crippen LogP) is 6.25. The average Bonchev–Trinajstić information content (AvgIpc) is 2.79. The first-order valence-corrected chi connectivity index (χ1v) is 11.8. The van der Waals surface area contributed by atoms with Crippen molar-refractivity contribution in [2.75, 3.05) is 0 Å². The molecule has 4 rings (SSSR count). The summed E-state index contributed by atoms with van der Waals surface area (Å²) in [5.74, 6) is 0.828. The summed E-state index contributed by atoms with van der Waals surface area (Å²) in [5, 5.41) is 16.0. The zero-order valence-electron chi connectivity index (χ0n) is 17.5. The van der Waals surface area contributed by atoms with E-state index in [1.165, 1.54) is 23.0 Å². The molecule has 3 aromatic carbocycles. The molecule has 0 fully saturated rings. The fourth-order valence-corrected chi connectivity index (χ4v) is 4.58. The summed E-state index contributed by atoms with van der Waals surface area (Å²) in [6.07, 6.45) is 1.50. The van der Waals surface area contributed by atoms with E-state index >= 15 is 0 Å². The number of hydrogen-bond donors (Lipinski definition) is 0. The zero-order valence-corrected chi connectivity index (χ0v) is 21.5. The van der Waals surface area contributed by atoms with Crippen LogP contribution in [0.3, 0.4) is 0 Å². The van der Waals surface area contributed by atoms with Crippen LogP contribution in [0.25, 0.3) is 10.9 Å². The maximum absolute atomic E-state index is 12.9. The zero-order chi connectivity index (χ0) is 24.4. The summed E-state index contributed by atoms with van der Waals surface area (Å²) in [6.45, 7) is 1.80. The van der Waals surface area contributed by atoms with Crippen LogP contribution < -0.4 is 10.3 Å². The molecule has 0 amide bonds. The maximum atomic E-state index is 12.9. The molecular weight excluding hydrogens is 592 g/mol. The average molecular weight is 607 g/mol. The van der Waals surface area contributed by atoms with Crippen molar-refractivity contribution in [1.82, 2.24) is 9.66 Å². The molecule has 1 heterocycles. The number of fused-ring (bicyclic) bond motifs is 1. The number of nitro benzene ring substituents is 1. The first kappa shape index (κ1) is 24.1. The van der Waals surface area contributed by atoms with Gasteiger partial charge in [0.05, 0.1) is 31.5 Å². The third-order valence-electron chi connectivity index (χ3n) is 4.82. The standard InChI is InChI=1S/C23H15Br2ClN4O4/c1-13-28-21-6-5-16(24)10-18(21)23(31)29(13)27-11-15-8-19(25)22(20(26)9-15)34-12-14-3-2-4-17(7-14)30(32)33/h2-11H,12H2,1H3. The topological polar surface area (TPSA) is 99.6 Å². The summed E-state index contributed by atoms with van der Waals surface area (Å²) in [6, 6.07) is 14.9. The number of hydrogen-bond acceptors (Lipinski definition) is 6. The van der Waals surface area contributed by atoms with Crippen LogP contribution in [0.2, 0.25) is 5.02 Å². The number of nitrogens with zero attached hydrogens (tertiary/aromatic N) is 4. The number of ether oxygens (including phenoxy) is 1. The largest absolute Gasteiger partial charge is 0.486 e. The summed E-state index contributed by atoms with van der Waals surface area (Å²) < 4.78 is 8.35. The van der Waals surface area contributed by atoms with E-state index in [4.69, 9.17) is 16.3 Å². The first-order valence-electron chi connectivity index (χ1n) is 9.81. The number of rotatable bonds is 6. The smallest absolute Gasteiger partial charge is 0.282 e. The molecule has 8 nitrogen and oxygen atoms in total. The van der Waals surface area contributed by atoms with E-state index in [2.05, 4.69) is 41.9 Å². The molecule has 0 N–H and O–H groups in total. The Labute approximate surface area is 215 Å². The van der Waals surface area contributed by atoms with Gasteiger partial charge >= 0.3 is 0 Å². The molecule has 0 spiro atoms. The van der Waals surface area contributed by atoms with E-state index < -0.39 is 4.92 Å². The molecule has 0 radical (unpaired) electrons. The second-order valence-electron chi connectivity index (χ2n) is 7.21. The van der Waals surface area contributed by atoms with E-state index in [0.717, 1.165) is 4.47 Å². The minimum atomic E-state index is -0.461. The van der Waals surface area contributed by atoms with Crippen molar-refractivity contribution in [3.8, 4) is 5.75 Å². The van der Waals surface area contributed by atoms with Crippen LogP contribution in [0, 0.1) is 17.0 Å². The molecule has 0 saturated heterocycles. The van der Waals surface area contributed by atoms with Gasteiger partial charge < -0.3 is 4.74 Å². The molecule has 0 unspecified atom stereocenters. The number of non-ortho nitro benzene ring substituents is 1. The molecule has 172 valence electrons. The van der Waals surface area contributed by atoms with Gasteiger partial charge in [-0.25, -0.2) is 4.98 Å². The van der Waals surface area contributed by atoms with Gasteiger partial charge in [-0.2, -0.15) is 9.78 Å². The SMILES string of the molecule is Cc1nc2ccc(Br)cc2c(=O)n1N=Cc1cc(Cl)c(OCc2cccc([N+](=O)[O-])c2)c(Br)c1. The van der Waals surface area contributed by atoms with Crippen LogP contribution in [0.5, 0.6) is 5.75 Å². The van der Waals surface area contributed by atoms with Crippen molar-refractivity contribution in [3.63, 3.8) is 0 Å². The van der Waals surface area contributed by atoms with Gasteiger partial charge in [-0.15, -0.1) is 0 Å². The first-order chi connectivity index (χ1) is 16.2. The Morgan fingerprint density at radius 2 is 2.00 bits per heavy atom. The minimum absolute atomic E-state index is 0.0149. The van der Waals surface area contributed by atoms with Crippen molar-refractivity contribution in [2.45, 2.75) is 13.5 Å². The van der Waals surface area contributed by atoms with Gasteiger partial charge in [0, 0.05) is 16.6 Å². The van der Waals surface area contributed by atoms with Crippen molar-refractivity contribution in [2.24, 2.45) is 5.10 Å². The summed E-state index contributed by atoms with van der Waals surface area (Å²) >= 11 is 13.2.